The number of amides is 3. The first-order chi connectivity index (χ1) is 12.6. The van der Waals surface area contributed by atoms with Crippen LogP contribution < -0.4 is 20.7 Å². The van der Waals surface area contributed by atoms with E-state index < -0.39 is 0 Å². The first kappa shape index (κ1) is 18.4. The molecule has 2 aromatic rings. The van der Waals surface area contributed by atoms with Crippen molar-refractivity contribution in [2.45, 2.75) is 44.6 Å². The van der Waals surface area contributed by atoms with Gasteiger partial charge in [-0.25, -0.2) is 9.78 Å². The monoisotopic (exact) mass is 376 g/mol. The molecule has 0 radical (unpaired) electrons. The Morgan fingerprint density at radius 1 is 1.27 bits per heavy atom. The normalized spacial score (nSPS) is 14.8. The molecule has 7 nitrogen and oxygen atoms in total. The third-order valence-corrected chi connectivity index (χ3v) is 5.35. The molecule has 0 atom stereocenters. The molecule has 8 heteroatoms. The Labute approximate surface area is 156 Å². The molecule has 1 aliphatic carbocycles. The number of fused-ring (bicyclic) bond motifs is 1. The number of methoxy groups -OCH3 is 1. The first-order valence-corrected chi connectivity index (χ1v) is 9.74. The average Bonchev–Trinajstić information content (AvgIpc) is 3.03. The summed E-state index contributed by atoms with van der Waals surface area (Å²) in [6.07, 6.45) is 5.87. The Kier molecular flexibility index (Phi) is 6.27. The summed E-state index contributed by atoms with van der Waals surface area (Å²) in [6, 6.07) is 5.65. The average molecular weight is 376 g/mol. The van der Waals surface area contributed by atoms with Gasteiger partial charge in [0.05, 0.1) is 17.3 Å². The molecule has 0 aliphatic heterocycles. The molecular weight excluding hydrogens is 352 g/mol. The highest BCUT2D eigenvalue weighted by Gasteiger charge is 2.15. The first-order valence-electron chi connectivity index (χ1n) is 8.93. The minimum absolute atomic E-state index is 0.172. The Bertz CT molecular complexity index is 771. The molecule has 0 unspecified atom stereocenters. The van der Waals surface area contributed by atoms with Crippen molar-refractivity contribution in [1.82, 2.24) is 15.6 Å². The smallest absolute Gasteiger partial charge is 0.315 e. The van der Waals surface area contributed by atoms with E-state index in [-0.39, 0.29) is 24.4 Å². The lowest BCUT2D eigenvalue weighted by atomic mass is 9.96. The van der Waals surface area contributed by atoms with E-state index in [1.54, 1.807) is 7.11 Å². The Hall–Kier alpha value is -2.35. The molecule has 3 N–H and O–H groups in total. The number of carbonyl (C=O) groups excluding carboxylic acids is 2. The zero-order valence-electron chi connectivity index (χ0n) is 14.8. The number of nitrogens with zero attached hydrogens (tertiary/aromatic N) is 1. The molecule has 1 heterocycles. The molecule has 1 saturated carbocycles. The van der Waals surface area contributed by atoms with Crippen LogP contribution in [-0.2, 0) is 4.79 Å². The van der Waals surface area contributed by atoms with E-state index in [1.807, 2.05) is 18.2 Å². The van der Waals surface area contributed by atoms with Crippen molar-refractivity contribution in [1.29, 1.82) is 0 Å². The maximum Gasteiger partial charge on any atom is 0.315 e. The third-order valence-electron chi connectivity index (χ3n) is 4.42. The van der Waals surface area contributed by atoms with Crippen molar-refractivity contribution < 1.29 is 14.3 Å². The number of rotatable bonds is 6. The van der Waals surface area contributed by atoms with Gasteiger partial charge in [-0.3, -0.25) is 4.79 Å². The van der Waals surface area contributed by atoms with E-state index in [0.717, 1.165) is 28.8 Å². The molecule has 1 aliphatic rings. The molecule has 3 amide bonds. The van der Waals surface area contributed by atoms with E-state index in [1.165, 1.54) is 30.6 Å². The highest BCUT2D eigenvalue weighted by atomic mass is 32.1. The van der Waals surface area contributed by atoms with Crippen LogP contribution in [0.2, 0.25) is 0 Å². The zero-order chi connectivity index (χ0) is 18.4. The Morgan fingerprint density at radius 3 is 2.85 bits per heavy atom. The van der Waals surface area contributed by atoms with Crippen LogP contribution in [0.4, 0.5) is 9.93 Å². The number of carbonyl (C=O) groups is 2. The Balaban J connectivity index is 1.41. The number of aromatic nitrogens is 1. The van der Waals surface area contributed by atoms with Gasteiger partial charge < -0.3 is 20.7 Å². The number of anilines is 1. The molecule has 0 bridgehead atoms. The molecule has 0 saturated heterocycles. The van der Waals surface area contributed by atoms with Gasteiger partial charge in [0.25, 0.3) is 0 Å². The summed E-state index contributed by atoms with van der Waals surface area (Å²) in [7, 11) is 1.61. The molecule has 1 aromatic heterocycles. The predicted molar refractivity (Wildman–Crippen MR) is 103 cm³/mol. The number of urea groups is 1. The molecule has 0 spiro atoms. The second-order valence-corrected chi connectivity index (χ2v) is 7.42. The van der Waals surface area contributed by atoms with Crippen molar-refractivity contribution in [2.24, 2.45) is 0 Å². The molecule has 26 heavy (non-hydrogen) atoms. The summed E-state index contributed by atoms with van der Waals surface area (Å²) in [5.74, 6) is 0.584. The Morgan fingerprint density at radius 2 is 2.08 bits per heavy atom. The lowest BCUT2D eigenvalue weighted by Gasteiger charge is -2.22. The van der Waals surface area contributed by atoms with E-state index in [9.17, 15) is 9.59 Å². The van der Waals surface area contributed by atoms with Crippen LogP contribution in [0, 0.1) is 0 Å². The van der Waals surface area contributed by atoms with Crippen LogP contribution in [0.3, 0.4) is 0 Å². The van der Waals surface area contributed by atoms with Crippen molar-refractivity contribution >= 4 is 38.6 Å². The molecule has 1 fully saturated rings. The van der Waals surface area contributed by atoms with Crippen LogP contribution in [-0.4, -0.2) is 36.6 Å². The maximum absolute atomic E-state index is 12.0. The van der Waals surface area contributed by atoms with Gasteiger partial charge in [0.2, 0.25) is 5.91 Å². The zero-order valence-corrected chi connectivity index (χ0v) is 15.7. The highest BCUT2D eigenvalue weighted by Crippen LogP contribution is 2.29. The van der Waals surface area contributed by atoms with Gasteiger partial charge in [0.1, 0.15) is 5.75 Å². The fraction of sp³-hybridized carbons (Fsp3) is 0.500. The quantitative estimate of drug-likeness (QED) is 0.721. The van der Waals surface area contributed by atoms with Crippen LogP contribution >= 0.6 is 11.3 Å². The summed E-state index contributed by atoms with van der Waals surface area (Å²) >= 11 is 1.40. The second-order valence-electron chi connectivity index (χ2n) is 6.39. The number of thiazole rings is 1. The van der Waals surface area contributed by atoms with E-state index in [2.05, 4.69) is 20.9 Å². The molecule has 1 aromatic carbocycles. The SMILES string of the molecule is COc1ccc2nc(NC(=O)CCNC(=O)NC3CCCCC3)sc2c1. The van der Waals surface area contributed by atoms with Crippen molar-refractivity contribution in [2.75, 3.05) is 19.0 Å². The number of benzene rings is 1. The largest absolute Gasteiger partial charge is 0.497 e. The van der Waals surface area contributed by atoms with Crippen molar-refractivity contribution in [3.63, 3.8) is 0 Å². The number of hydrogen-bond donors (Lipinski definition) is 3. The van der Waals surface area contributed by atoms with Crippen LogP contribution in [0.1, 0.15) is 38.5 Å². The van der Waals surface area contributed by atoms with Crippen molar-refractivity contribution in [3.05, 3.63) is 18.2 Å². The van der Waals surface area contributed by atoms with Crippen molar-refractivity contribution in [3.8, 4) is 5.75 Å². The third kappa shape index (κ3) is 5.08. The lowest BCUT2D eigenvalue weighted by molar-refractivity contribution is -0.116. The minimum atomic E-state index is -0.197. The van der Waals surface area contributed by atoms with E-state index >= 15 is 0 Å². The number of hydrogen-bond acceptors (Lipinski definition) is 5. The van der Waals surface area contributed by atoms with Gasteiger partial charge in [0.15, 0.2) is 5.13 Å². The van der Waals surface area contributed by atoms with E-state index in [4.69, 9.17) is 4.74 Å². The van der Waals surface area contributed by atoms with Crippen LogP contribution in [0.5, 0.6) is 5.75 Å². The maximum atomic E-state index is 12.0. The molecule has 3 rings (SSSR count). The van der Waals surface area contributed by atoms with Gasteiger partial charge in [-0.05, 0) is 31.0 Å². The topological polar surface area (TPSA) is 92.3 Å². The predicted octanol–water partition coefficient (Wildman–Crippen LogP) is 3.27. The fourth-order valence-electron chi connectivity index (χ4n) is 3.04. The van der Waals surface area contributed by atoms with Gasteiger partial charge in [-0.15, -0.1) is 0 Å². The highest BCUT2D eigenvalue weighted by molar-refractivity contribution is 7.22. The summed E-state index contributed by atoms with van der Waals surface area (Å²) in [6.45, 7) is 0.295. The van der Waals surface area contributed by atoms with Gasteiger partial charge in [-0.1, -0.05) is 30.6 Å². The summed E-state index contributed by atoms with van der Waals surface area (Å²) < 4.78 is 6.14. The summed E-state index contributed by atoms with van der Waals surface area (Å²) in [4.78, 5) is 28.3. The van der Waals surface area contributed by atoms with Gasteiger partial charge in [-0.2, -0.15) is 0 Å². The summed E-state index contributed by atoms with van der Waals surface area (Å²) in [5.41, 5.74) is 0.816. The standard InChI is InChI=1S/C18H24N4O3S/c1-25-13-7-8-14-15(11-13)26-18(21-14)22-16(23)9-10-19-17(24)20-12-5-3-2-4-6-12/h7-8,11-12H,2-6,9-10H2,1H3,(H2,19,20,24)(H,21,22,23). The minimum Gasteiger partial charge on any atom is -0.497 e. The van der Waals surface area contributed by atoms with E-state index in [0.29, 0.717) is 11.7 Å². The number of nitrogens with one attached hydrogen (secondary N) is 3. The van der Waals surface area contributed by atoms with Gasteiger partial charge >= 0.3 is 6.03 Å². The van der Waals surface area contributed by atoms with Gasteiger partial charge in [0, 0.05) is 19.0 Å². The summed E-state index contributed by atoms with van der Waals surface area (Å²) in [5, 5.41) is 9.04. The van der Waals surface area contributed by atoms with Crippen LogP contribution in [0.15, 0.2) is 18.2 Å². The second kappa shape index (κ2) is 8.84. The molecule has 140 valence electrons. The molecular formula is C18H24N4O3S. The fourth-order valence-corrected chi connectivity index (χ4v) is 3.95. The van der Waals surface area contributed by atoms with Crippen LogP contribution in [0.25, 0.3) is 10.2 Å². The lowest BCUT2D eigenvalue weighted by Crippen LogP contribution is -2.43. The number of ether oxygens (including phenoxy) is 1.